The van der Waals surface area contributed by atoms with Gasteiger partial charge in [0.2, 0.25) is 11.6 Å². The summed E-state index contributed by atoms with van der Waals surface area (Å²) in [5, 5.41) is 36.5. The van der Waals surface area contributed by atoms with Gasteiger partial charge < -0.3 is 26.2 Å². The zero-order valence-electron chi connectivity index (χ0n) is 11.4. The van der Waals surface area contributed by atoms with Crippen LogP contribution >= 0.6 is 0 Å². The van der Waals surface area contributed by atoms with Crippen molar-refractivity contribution in [3.05, 3.63) is 0 Å². The SMILES string of the molecule is [2H]N[C@H](C(=O)C(=O)[C@H](O)[C@H](O)[C@H](O)CO)[C@@H](C)CC. The van der Waals surface area contributed by atoms with E-state index in [-0.39, 0.29) is 5.92 Å². The van der Waals surface area contributed by atoms with Gasteiger partial charge in [-0.15, -0.1) is 0 Å². The molecule has 0 unspecified atom stereocenters. The molecule has 5 atom stereocenters. The van der Waals surface area contributed by atoms with E-state index in [1.807, 2.05) is 5.73 Å². The molecule has 0 aliphatic carbocycles. The zero-order valence-corrected chi connectivity index (χ0v) is 10.4. The number of rotatable bonds is 9. The lowest BCUT2D eigenvalue weighted by Gasteiger charge is -2.22. The Morgan fingerprint density at radius 1 is 1.28 bits per heavy atom. The summed E-state index contributed by atoms with van der Waals surface area (Å²) in [6.07, 6.45) is -5.27. The quantitative estimate of drug-likeness (QED) is 0.292. The Morgan fingerprint density at radius 2 is 1.83 bits per heavy atom. The molecule has 0 aromatic heterocycles. The highest BCUT2D eigenvalue weighted by Gasteiger charge is 2.36. The van der Waals surface area contributed by atoms with Gasteiger partial charge in [-0.2, -0.15) is 0 Å². The van der Waals surface area contributed by atoms with Crippen molar-refractivity contribution in [1.82, 2.24) is 0 Å². The number of aliphatic hydroxyl groups excluding tert-OH is 4. The molecule has 0 aromatic rings. The predicted octanol–water partition coefficient (Wildman–Crippen LogP) is -2.43. The van der Waals surface area contributed by atoms with E-state index in [9.17, 15) is 19.8 Å². The second-order valence-electron chi connectivity index (χ2n) is 4.28. The third-order valence-electron chi connectivity index (χ3n) is 2.91. The maximum Gasteiger partial charge on any atom is 0.231 e. The summed E-state index contributed by atoms with van der Waals surface area (Å²) in [7, 11) is 0. The summed E-state index contributed by atoms with van der Waals surface area (Å²) in [6.45, 7) is 2.57. The number of Topliss-reactive ketones (excluding diaryl/α,β-unsaturated/α-hetero) is 2. The summed E-state index contributed by atoms with van der Waals surface area (Å²) >= 11 is 0. The molecule has 106 valence electrons. The Balaban J connectivity index is 4.84. The van der Waals surface area contributed by atoms with Crippen molar-refractivity contribution in [2.24, 2.45) is 11.6 Å². The highest BCUT2D eigenvalue weighted by atomic mass is 16.4. The molecule has 7 nitrogen and oxygen atoms in total. The van der Waals surface area contributed by atoms with E-state index < -0.39 is 42.5 Å². The molecule has 0 rings (SSSR count). The summed E-state index contributed by atoms with van der Waals surface area (Å²) < 4.78 is 7.03. The first-order valence-corrected chi connectivity index (χ1v) is 5.72. The van der Waals surface area contributed by atoms with E-state index >= 15 is 0 Å². The van der Waals surface area contributed by atoms with Crippen LogP contribution in [0, 0.1) is 5.92 Å². The van der Waals surface area contributed by atoms with Gasteiger partial charge in [-0.05, 0) is 5.92 Å². The van der Waals surface area contributed by atoms with E-state index in [4.69, 9.17) is 11.6 Å². The number of hydrogen-bond acceptors (Lipinski definition) is 7. The summed E-state index contributed by atoms with van der Waals surface area (Å²) in [5.41, 5.74) is 1.95. The first-order chi connectivity index (χ1) is 8.81. The van der Waals surface area contributed by atoms with E-state index in [1.54, 1.807) is 13.8 Å². The Labute approximate surface area is 107 Å². The van der Waals surface area contributed by atoms with Gasteiger partial charge in [0.15, 0.2) is 0 Å². The summed E-state index contributed by atoms with van der Waals surface area (Å²) in [6, 6.07) is -1.09. The fourth-order valence-electron chi connectivity index (χ4n) is 1.27. The van der Waals surface area contributed by atoms with Crippen molar-refractivity contribution in [2.75, 3.05) is 6.61 Å². The average Bonchev–Trinajstić information content (AvgIpc) is 2.43. The predicted molar refractivity (Wildman–Crippen MR) is 62.6 cm³/mol. The normalized spacial score (nSPS) is 20.4. The molecular weight excluding hydrogens is 242 g/mol. The number of nitrogens with two attached hydrogens (primary N) is 1. The molecule has 6 N–H and O–H groups in total. The van der Waals surface area contributed by atoms with Crippen LogP contribution in [0.1, 0.15) is 20.3 Å². The smallest absolute Gasteiger partial charge is 0.231 e. The van der Waals surface area contributed by atoms with Crippen LogP contribution in [-0.2, 0) is 9.59 Å². The van der Waals surface area contributed by atoms with Crippen molar-refractivity contribution in [2.45, 2.75) is 44.6 Å². The molecule has 0 aliphatic heterocycles. The first-order valence-electron chi connectivity index (χ1n) is 6.22. The molecule has 0 aliphatic rings. The highest BCUT2D eigenvalue weighted by Crippen LogP contribution is 2.09. The number of ketones is 2. The maximum absolute atomic E-state index is 11.8. The van der Waals surface area contributed by atoms with Crippen LogP contribution in [-0.4, -0.2) is 63.0 Å². The Hall–Kier alpha value is -0.860. The molecule has 0 heterocycles. The van der Waals surface area contributed by atoms with E-state index in [0.717, 1.165) is 0 Å². The average molecular weight is 264 g/mol. The van der Waals surface area contributed by atoms with Crippen LogP contribution in [0.25, 0.3) is 0 Å². The Kier molecular flexibility index (Phi) is 6.37. The third kappa shape index (κ3) is 4.11. The van der Waals surface area contributed by atoms with Crippen molar-refractivity contribution < 1.29 is 31.4 Å². The molecule has 7 heteroatoms. The van der Waals surface area contributed by atoms with Crippen LogP contribution in [0.2, 0.25) is 1.41 Å². The standard InChI is InChI=1S/C11H21NO6/c1-3-5(2)7(12)9(16)11(18)10(17)8(15)6(14)4-13/h5-8,10,13-15,17H,3-4,12H2,1-2H3/t5-,6+,7-,8+,10+/m0/s1/i/hD. The third-order valence-corrected chi connectivity index (χ3v) is 2.91. The minimum Gasteiger partial charge on any atom is -0.394 e. The Bertz CT molecular complexity index is 314. The van der Waals surface area contributed by atoms with Gasteiger partial charge in [-0.3, -0.25) is 9.59 Å². The largest absolute Gasteiger partial charge is 0.394 e. The van der Waals surface area contributed by atoms with Gasteiger partial charge in [0.05, 0.1) is 12.6 Å². The minimum absolute atomic E-state index is 0.305. The molecular formula is C11H21NO6. The lowest BCUT2D eigenvalue weighted by Crippen LogP contribution is -2.51. The highest BCUT2D eigenvalue weighted by molar-refractivity contribution is 6.40. The van der Waals surface area contributed by atoms with Crippen LogP contribution < -0.4 is 5.73 Å². The van der Waals surface area contributed by atoms with Gasteiger partial charge in [-0.25, -0.2) is 0 Å². The molecule has 0 saturated carbocycles. The fourth-order valence-corrected chi connectivity index (χ4v) is 1.27. The van der Waals surface area contributed by atoms with Gasteiger partial charge in [0.1, 0.15) is 19.7 Å². The molecule has 0 fully saturated rings. The summed E-state index contributed by atoms with van der Waals surface area (Å²) in [5.74, 6) is -2.65. The summed E-state index contributed by atoms with van der Waals surface area (Å²) in [4.78, 5) is 23.4. The van der Waals surface area contributed by atoms with Crippen LogP contribution in [0.15, 0.2) is 0 Å². The molecule has 0 saturated heterocycles. The molecule has 0 aromatic carbocycles. The van der Waals surface area contributed by atoms with Gasteiger partial charge in [-0.1, -0.05) is 20.3 Å². The minimum atomic E-state index is -2.13. The van der Waals surface area contributed by atoms with Gasteiger partial charge in [0, 0.05) is 0 Å². The first kappa shape index (κ1) is 15.2. The van der Waals surface area contributed by atoms with Crippen molar-refractivity contribution in [3.8, 4) is 0 Å². The molecule has 0 spiro atoms. The number of aliphatic hydroxyl groups is 4. The van der Waals surface area contributed by atoms with Gasteiger partial charge >= 0.3 is 0 Å². The monoisotopic (exact) mass is 264 g/mol. The van der Waals surface area contributed by atoms with Crippen molar-refractivity contribution >= 4 is 11.6 Å². The molecule has 0 bridgehead atoms. The van der Waals surface area contributed by atoms with E-state index in [1.165, 1.54) is 0 Å². The maximum atomic E-state index is 11.8. The Morgan fingerprint density at radius 3 is 2.22 bits per heavy atom. The second-order valence-corrected chi connectivity index (χ2v) is 4.28. The van der Waals surface area contributed by atoms with Crippen molar-refractivity contribution in [1.29, 1.82) is 0 Å². The van der Waals surface area contributed by atoms with Gasteiger partial charge in [0.25, 0.3) is 0 Å². The van der Waals surface area contributed by atoms with Crippen LogP contribution in [0.4, 0.5) is 0 Å². The molecule has 0 radical (unpaired) electrons. The number of carbonyl (C=O) groups excluding carboxylic acids is 2. The molecule has 18 heavy (non-hydrogen) atoms. The number of hydrogen-bond donors (Lipinski definition) is 5. The van der Waals surface area contributed by atoms with E-state index in [2.05, 4.69) is 0 Å². The fraction of sp³-hybridized carbons (Fsp3) is 0.818. The number of carbonyl (C=O) groups is 2. The van der Waals surface area contributed by atoms with Crippen LogP contribution in [0.3, 0.4) is 0 Å². The lowest BCUT2D eigenvalue weighted by atomic mass is 9.91. The van der Waals surface area contributed by atoms with E-state index in [0.29, 0.717) is 6.42 Å². The zero-order chi connectivity index (χ0) is 15.2. The topological polar surface area (TPSA) is 141 Å². The van der Waals surface area contributed by atoms with Crippen LogP contribution in [0.5, 0.6) is 0 Å². The van der Waals surface area contributed by atoms with Crippen molar-refractivity contribution in [3.63, 3.8) is 0 Å². The lowest BCUT2D eigenvalue weighted by molar-refractivity contribution is -0.150. The second kappa shape index (κ2) is 7.55. The molecule has 0 amide bonds.